The van der Waals surface area contributed by atoms with Crippen molar-refractivity contribution < 1.29 is 0 Å². The van der Waals surface area contributed by atoms with Crippen molar-refractivity contribution >= 4 is 29.0 Å². The van der Waals surface area contributed by atoms with Crippen LogP contribution in [0.1, 0.15) is 31.0 Å². The van der Waals surface area contributed by atoms with Gasteiger partial charge in [0.05, 0.1) is 11.4 Å². The zero-order valence-corrected chi connectivity index (χ0v) is 20.3. The average molecular weight is 488 g/mol. The average Bonchev–Trinajstić information content (AvgIpc) is 3.27. The summed E-state index contributed by atoms with van der Waals surface area (Å²) in [6.07, 6.45) is 1.72. The summed E-state index contributed by atoms with van der Waals surface area (Å²) in [5.41, 5.74) is 4.36. The van der Waals surface area contributed by atoms with Gasteiger partial charge in [-0.05, 0) is 53.9 Å². The Labute approximate surface area is 206 Å². The van der Waals surface area contributed by atoms with E-state index < -0.39 is 0 Å². The standard InChI is InChI=1S/C26H22ClN5OS/c1-17(2)21-7-3-4-8-22(21)32-25(18-10-12-19(27)13-11-18)29-30-26(32)34-16-20-15-24(33)31-14-6-5-9-23(31)28-20/h3-15,17H,16H2,1-2H3. The van der Waals surface area contributed by atoms with Gasteiger partial charge in [-0.2, -0.15) is 0 Å². The molecule has 6 nitrogen and oxygen atoms in total. The van der Waals surface area contributed by atoms with Crippen molar-refractivity contribution in [2.24, 2.45) is 0 Å². The van der Waals surface area contributed by atoms with Crippen molar-refractivity contribution in [3.05, 3.63) is 106 Å². The predicted octanol–water partition coefficient (Wildman–Crippen LogP) is 6.01. The molecule has 8 heteroatoms. The van der Waals surface area contributed by atoms with Crippen molar-refractivity contribution in [2.45, 2.75) is 30.7 Å². The maximum Gasteiger partial charge on any atom is 0.258 e. The Morgan fingerprint density at radius 3 is 2.53 bits per heavy atom. The monoisotopic (exact) mass is 487 g/mol. The fraction of sp³-hybridized carbons (Fsp3) is 0.154. The molecular weight excluding hydrogens is 466 g/mol. The lowest BCUT2D eigenvalue weighted by Gasteiger charge is -2.17. The van der Waals surface area contributed by atoms with E-state index in [1.165, 1.54) is 21.7 Å². The molecule has 3 heterocycles. The maximum absolute atomic E-state index is 12.5. The Balaban J connectivity index is 1.58. The van der Waals surface area contributed by atoms with Crippen LogP contribution in [-0.4, -0.2) is 24.1 Å². The Kier molecular flexibility index (Phi) is 6.22. The Hall–Kier alpha value is -3.42. The van der Waals surface area contributed by atoms with Gasteiger partial charge in [-0.25, -0.2) is 4.98 Å². The topological polar surface area (TPSA) is 65.1 Å². The van der Waals surface area contributed by atoms with Crippen molar-refractivity contribution in [3.8, 4) is 17.1 Å². The summed E-state index contributed by atoms with van der Waals surface area (Å²) in [7, 11) is 0. The van der Waals surface area contributed by atoms with Crippen molar-refractivity contribution in [3.63, 3.8) is 0 Å². The minimum Gasteiger partial charge on any atom is -0.270 e. The summed E-state index contributed by atoms with van der Waals surface area (Å²) in [6, 6.07) is 23.0. The van der Waals surface area contributed by atoms with Gasteiger partial charge in [-0.3, -0.25) is 13.8 Å². The van der Waals surface area contributed by atoms with Crippen LogP contribution < -0.4 is 5.56 Å². The van der Waals surface area contributed by atoms with E-state index in [0.717, 1.165) is 22.2 Å². The molecule has 0 aliphatic rings. The molecule has 0 atom stereocenters. The lowest BCUT2D eigenvalue weighted by molar-refractivity contribution is 0.818. The first-order valence-corrected chi connectivity index (χ1v) is 12.3. The number of thioether (sulfide) groups is 1. The zero-order valence-electron chi connectivity index (χ0n) is 18.7. The number of hydrogen-bond donors (Lipinski definition) is 0. The summed E-state index contributed by atoms with van der Waals surface area (Å²) in [5, 5.41) is 10.5. The molecule has 0 unspecified atom stereocenters. The summed E-state index contributed by atoms with van der Waals surface area (Å²) in [5.74, 6) is 1.54. The Bertz CT molecular complexity index is 1520. The lowest BCUT2D eigenvalue weighted by Crippen LogP contribution is -2.14. The second-order valence-electron chi connectivity index (χ2n) is 8.17. The van der Waals surface area contributed by atoms with Crippen LogP contribution in [0.2, 0.25) is 5.02 Å². The smallest absolute Gasteiger partial charge is 0.258 e. The van der Waals surface area contributed by atoms with Crippen LogP contribution in [0.3, 0.4) is 0 Å². The number of hydrogen-bond acceptors (Lipinski definition) is 5. The van der Waals surface area contributed by atoms with Gasteiger partial charge in [0, 0.05) is 28.6 Å². The van der Waals surface area contributed by atoms with Gasteiger partial charge in [0.1, 0.15) is 5.65 Å². The van der Waals surface area contributed by atoms with Crippen LogP contribution in [0.5, 0.6) is 0 Å². The first-order chi connectivity index (χ1) is 16.5. The van der Waals surface area contributed by atoms with Gasteiger partial charge in [0.15, 0.2) is 11.0 Å². The third kappa shape index (κ3) is 4.36. The molecule has 34 heavy (non-hydrogen) atoms. The molecule has 0 fully saturated rings. The van der Waals surface area contributed by atoms with E-state index in [-0.39, 0.29) is 5.56 Å². The lowest BCUT2D eigenvalue weighted by atomic mass is 10.0. The summed E-state index contributed by atoms with van der Waals surface area (Å²) < 4.78 is 3.62. The SMILES string of the molecule is CC(C)c1ccccc1-n1c(SCc2cc(=O)n3ccccc3n2)nnc1-c1ccc(Cl)cc1. The molecule has 170 valence electrons. The molecule has 0 aliphatic carbocycles. The largest absolute Gasteiger partial charge is 0.270 e. The van der Waals surface area contributed by atoms with Crippen molar-refractivity contribution in [1.82, 2.24) is 24.1 Å². The number of fused-ring (bicyclic) bond motifs is 1. The molecule has 3 aromatic heterocycles. The summed E-state index contributed by atoms with van der Waals surface area (Å²) in [4.78, 5) is 17.1. The molecule has 2 aromatic carbocycles. The van der Waals surface area contributed by atoms with Crippen LogP contribution in [0.4, 0.5) is 0 Å². The van der Waals surface area contributed by atoms with Crippen molar-refractivity contribution in [2.75, 3.05) is 0 Å². The minimum absolute atomic E-state index is 0.102. The number of nitrogens with zero attached hydrogens (tertiary/aromatic N) is 5. The molecule has 0 radical (unpaired) electrons. The molecule has 0 N–H and O–H groups in total. The van der Waals surface area contributed by atoms with E-state index >= 15 is 0 Å². The number of benzene rings is 2. The molecule has 0 spiro atoms. The predicted molar refractivity (Wildman–Crippen MR) is 137 cm³/mol. The fourth-order valence-electron chi connectivity index (χ4n) is 3.86. The van der Waals surface area contributed by atoms with Gasteiger partial charge in [-0.15, -0.1) is 10.2 Å². The van der Waals surface area contributed by atoms with E-state index in [2.05, 4.69) is 45.7 Å². The van der Waals surface area contributed by atoms with Crippen LogP contribution in [0.15, 0.2) is 88.9 Å². The molecule has 5 rings (SSSR count). The van der Waals surface area contributed by atoms with E-state index in [0.29, 0.717) is 28.0 Å². The number of rotatable bonds is 6. The summed E-state index contributed by atoms with van der Waals surface area (Å²) in [6.45, 7) is 4.34. The van der Waals surface area contributed by atoms with E-state index in [9.17, 15) is 4.79 Å². The maximum atomic E-state index is 12.5. The van der Waals surface area contributed by atoms with Crippen molar-refractivity contribution in [1.29, 1.82) is 0 Å². The summed E-state index contributed by atoms with van der Waals surface area (Å²) >= 11 is 7.62. The van der Waals surface area contributed by atoms with Crippen LogP contribution in [0.25, 0.3) is 22.7 Å². The Morgan fingerprint density at radius 2 is 1.74 bits per heavy atom. The highest BCUT2D eigenvalue weighted by Gasteiger charge is 2.20. The van der Waals surface area contributed by atoms with Gasteiger partial charge in [-0.1, -0.05) is 61.5 Å². The molecule has 5 aromatic rings. The molecule has 0 saturated carbocycles. The van der Waals surface area contributed by atoms with Gasteiger partial charge in [0.25, 0.3) is 5.56 Å². The molecule has 0 saturated heterocycles. The Morgan fingerprint density at radius 1 is 0.971 bits per heavy atom. The molecule has 0 bridgehead atoms. The fourth-order valence-corrected chi connectivity index (χ4v) is 4.82. The van der Waals surface area contributed by atoms with Gasteiger partial charge >= 0.3 is 0 Å². The first-order valence-electron chi connectivity index (χ1n) is 10.9. The molecule has 0 aliphatic heterocycles. The molecular formula is C26H22ClN5OS. The first kappa shape index (κ1) is 22.4. The zero-order chi connectivity index (χ0) is 23.7. The van der Waals surface area contributed by atoms with Crippen LogP contribution in [0, 0.1) is 0 Å². The van der Waals surface area contributed by atoms with E-state index in [1.807, 2.05) is 54.6 Å². The van der Waals surface area contributed by atoms with E-state index in [4.69, 9.17) is 11.6 Å². The normalized spacial score (nSPS) is 11.4. The second kappa shape index (κ2) is 9.44. The molecule has 0 amide bonds. The number of halogens is 1. The second-order valence-corrected chi connectivity index (χ2v) is 9.54. The van der Waals surface area contributed by atoms with Crippen LogP contribution >= 0.6 is 23.4 Å². The third-order valence-electron chi connectivity index (χ3n) is 5.51. The number of para-hydroxylation sites is 1. The third-order valence-corrected chi connectivity index (χ3v) is 6.72. The highest BCUT2D eigenvalue weighted by molar-refractivity contribution is 7.98. The highest BCUT2D eigenvalue weighted by Crippen LogP contribution is 2.33. The van der Waals surface area contributed by atoms with E-state index in [1.54, 1.807) is 12.3 Å². The van der Waals surface area contributed by atoms with Gasteiger partial charge in [0.2, 0.25) is 0 Å². The number of aromatic nitrogens is 5. The minimum atomic E-state index is -0.102. The van der Waals surface area contributed by atoms with Gasteiger partial charge < -0.3 is 0 Å². The number of pyridine rings is 1. The van der Waals surface area contributed by atoms with Crippen LogP contribution in [-0.2, 0) is 5.75 Å². The quantitative estimate of drug-likeness (QED) is 0.274. The highest BCUT2D eigenvalue weighted by atomic mass is 35.5.